The zero-order chi connectivity index (χ0) is 15.2. The van der Waals surface area contributed by atoms with E-state index in [1.807, 2.05) is 41.3 Å². The smallest absolute Gasteiger partial charge is 0.157 e. The first kappa shape index (κ1) is 13.0. The molecule has 0 spiro atoms. The van der Waals surface area contributed by atoms with Crippen molar-refractivity contribution in [2.75, 3.05) is 11.4 Å². The fraction of sp³-hybridized carbons (Fsp3) is 0.389. The molecule has 4 heterocycles. The van der Waals surface area contributed by atoms with Gasteiger partial charge in [0.15, 0.2) is 5.65 Å². The van der Waals surface area contributed by atoms with Crippen LogP contribution in [-0.4, -0.2) is 32.2 Å². The van der Waals surface area contributed by atoms with Crippen molar-refractivity contribution in [2.45, 2.75) is 31.7 Å². The maximum atomic E-state index is 4.77. The summed E-state index contributed by atoms with van der Waals surface area (Å²) in [5.74, 6) is 2.03. The number of pyridine rings is 1. The van der Waals surface area contributed by atoms with E-state index in [1.165, 1.54) is 31.5 Å². The number of rotatable bonds is 2. The lowest BCUT2D eigenvalue weighted by atomic mass is 9.90. The molecule has 5 rings (SSSR count). The van der Waals surface area contributed by atoms with Crippen molar-refractivity contribution >= 4 is 11.5 Å². The molecule has 3 aromatic heterocycles. The molecule has 1 saturated heterocycles. The first-order chi connectivity index (χ1) is 11.4. The van der Waals surface area contributed by atoms with E-state index in [2.05, 4.69) is 21.0 Å². The SMILES string of the molecule is c1cc(-c2cc(N3C[C@H]4CCC[C@@H]3C4)n3nccc3n2)ccn1. The topological polar surface area (TPSA) is 46.3 Å². The van der Waals surface area contributed by atoms with E-state index in [0.29, 0.717) is 6.04 Å². The molecule has 0 amide bonds. The lowest BCUT2D eigenvalue weighted by Crippen LogP contribution is -2.30. The summed E-state index contributed by atoms with van der Waals surface area (Å²) in [6, 6.07) is 8.86. The molecule has 3 aromatic rings. The summed E-state index contributed by atoms with van der Waals surface area (Å²) in [6.07, 6.45) is 10.8. The minimum atomic E-state index is 0.661. The van der Waals surface area contributed by atoms with Crippen LogP contribution < -0.4 is 4.90 Å². The number of aromatic nitrogens is 4. The van der Waals surface area contributed by atoms with E-state index >= 15 is 0 Å². The second-order valence-corrected chi connectivity index (χ2v) is 6.68. The van der Waals surface area contributed by atoms with E-state index in [1.54, 1.807) is 0 Å². The standard InChI is InChI=1S/C18H19N5/c1-2-13-10-15(3-1)22(12-13)18-11-16(14-4-7-19-8-5-14)21-17-6-9-20-23(17)18/h4-9,11,13,15H,1-3,10,12H2/t13-,15+/m0/s1. The Hall–Kier alpha value is -2.43. The van der Waals surface area contributed by atoms with Gasteiger partial charge in [0.25, 0.3) is 0 Å². The molecule has 0 N–H and O–H groups in total. The van der Waals surface area contributed by atoms with Gasteiger partial charge in [-0.1, -0.05) is 6.42 Å². The van der Waals surface area contributed by atoms with Gasteiger partial charge in [0, 0.05) is 42.7 Å². The summed E-state index contributed by atoms with van der Waals surface area (Å²) in [5, 5.41) is 4.51. The fourth-order valence-corrected chi connectivity index (χ4v) is 4.19. The van der Waals surface area contributed by atoms with E-state index < -0.39 is 0 Å². The van der Waals surface area contributed by atoms with Crippen molar-refractivity contribution in [3.05, 3.63) is 42.9 Å². The quantitative estimate of drug-likeness (QED) is 0.729. The third kappa shape index (κ3) is 2.11. The number of fused-ring (bicyclic) bond motifs is 3. The second-order valence-electron chi connectivity index (χ2n) is 6.68. The van der Waals surface area contributed by atoms with Crippen LogP contribution in [0.5, 0.6) is 0 Å². The molecule has 0 radical (unpaired) electrons. The average Bonchev–Trinajstić information content (AvgIpc) is 3.19. The monoisotopic (exact) mass is 305 g/mol. The van der Waals surface area contributed by atoms with E-state index in [9.17, 15) is 0 Å². The van der Waals surface area contributed by atoms with Gasteiger partial charge in [-0.3, -0.25) is 4.98 Å². The summed E-state index contributed by atoms with van der Waals surface area (Å²) < 4.78 is 1.99. The Morgan fingerprint density at radius 1 is 1.04 bits per heavy atom. The molecule has 0 aromatic carbocycles. The van der Waals surface area contributed by atoms with Crippen LogP contribution in [0.4, 0.5) is 5.82 Å². The van der Waals surface area contributed by atoms with Gasteiger partial charge < -0.3 is 4.90 Å². The Bertz CT molecular complexity index is 841. The van der Waals surface area contributed by atoms with Gasteiger partial charge in [-0.05, 0) is 37.3 Å². The number of hydrogen-bond acceptors (Lipinski definition) is 4. The van der Waals surface area contributed by atoms with Crippen molar-refractivity contribution in [2.24, 2.45) is 5.92 Å². The predicted molar refractivity (Wildman–Crippen MR) is 89.3 cm³/mol. The molecule has 2 atom stereocenters. The predicted octanol–water partition coefficient (Wildman–Crippen LogP) is 3.17. The minimum absolute atomic E-state index is 0.661. The molecule has 2 bridgehead atoms. The second kappa shape index (κ2) is 5.05. The zero-order valence-corrected chi connectivity index (χ0v) is 13.0. The van der Waals surface area contributed by atoms with Crippen molar-refractivity contribution in [3.8, 4) is 11.3 Å². The molecule has 5 heteroatoms. The summed E-state index contributed by atoms with van der Waals surface area (Å²) in [4.78, 5) is 11.4. The van der Waals surface area contributed by atoms with Crippen LogP contribution in [-0.2, 0) is 0 Å². The van der Waals surface area contributed by atoms with Crippen LogP contribution in [0, 0.1) is 5.92 Å². The highest BCUT2D eigenvalue weighted by Gasteiger charge is 2.36. The Morgan fingerprint density at radius 3 is 2.83 bits per heavy atom. The molecular formula is C18H19N5. The van der Waals surface area contributed by atoms with Gasteiger partial charge in [-0.2, -0.15) is 9.61 Å². The summed E-state index contributed by atoms with van der Waals surface area (Å²) >= 11 is 0. The van der Waals surface area contributed by atoms with Crippen LogP contribution in [0.15, 0.2) is 42.9 Å². The lowest BCUT2D eigenvalue weighted by molar-refractivity contribution is 0.414. The van der Waals surface area contributed by atoms with Crippen LogP contribution in [0.25, 0.3) is 16.9 Å². The first-order valence-electron chi connectivity index (χ1n) is 8.40. The maximum absolute atomic E-state index is 4.77. The van der Waals surface area contributed by atoms with Crippen molar-refractivity contribution in [1.82, 2.24) is 19.6 Å². The van der Waals surface area contributed by atoms with Gasteiger partial charge in [0.1, 0.15) is 5.82 Å². The van der Waals surface area contributed by atoms with Crippen molar-refractivity contribution < 1.29 is 0 Å². The third-order valence-corrected chi connectivity index (χ3v) is 5.26. The fourth-order valence-electron chi connectivity index (χ4n) is 4.19. The highest BCUT2D eigenvalue weighted by molar-refractivity contribution is 5.67. The van der Waals surface area contributed by atoms with E-state index in [-0.39, 0.29) is 0 Å². The van der Waals surface area contributed by atoms with Crippen LogP contribution in [0.1, 0.15) is 25.7 Å². The average molecular weight is 305 g/mol. The molecule has 0 unspecified atom stereocenters. The minimum Gasteiger partial charge on any atom is -0.353 e. The highest BCUT2D eigenvalue weighted by Crippen LogP contribution is 2.39. The normalized spacial score (nSPS) is 23.6. The molecule has 2 aliphatic rings. The van der Waals surface area contributed by atoms with Crippen molar-refractivity contribution in [3.63, 3.8) is 0 Å². The lowest BCUT2D eigenvalue weighted by Gasteiger charge is -2.27. The van der Waals surface area contributed by atoms with Crippen molar-refractivity contribution in [1.29, 1.82) is 0 Å². The summed E-state index contributed by atoms with van der Waals surface area (Å²) in [5.41, 5.74) is 3.01. The van der Waals surface area contributed by atoms with E-state index in [0.717, 1.165) is 29.4 Å². The number of anilines is 1. The third-order valence-electron chi connectivity index (χ3n) is 5.26. The molecule has 23 heavy (non-hydrogen) atoms. The molecule has 1 aliphatic carbocycles. The molecular weight excluding hydrogens is 286 g/mol. The highest BCUT2D eigenvalue weighted by atomic mass is 15.4. The molecule has 2 fully saturated rings. The Kier molecular flexibility index (Phi) is 2.86. The zero-order valence-electron chi connectivity index (χ0n) is 13.0. The van der Waals surface area contributed by atoms with Crippen LogP contribution >= 0.6 is 0 Å². The van der Waals surface area contributed by atoms with E-state index in [4.69, 9.17) is 4.98 Å². The van der Waals surface area contributed by atoms with Crippen LogP contribution in [0.2, 0.25) is 0 Å². The molecule has 5 nitrogen and oxygen atoms in total. The molecule has 1 saturated carbocycles. The van der Waals surface area contributed by atoms with Gasteiger partial charge in [0.2, 0.25) is 0 Å². The summed E-state index contributed by atoms with van der Waals surface area (Å²) in [7, 11) is 0. The van der Waals surface area contributed by atoms with Gasteiger partial charge in [-0.25, -0.2) is 4.98 Å². The number of hydrogen-bond donors (Lipinski definition) is 0. The number of nitrogens with zero attached hydrogens (tertiary/aromatic N) is 5. The van der Waals surface area contributed by atoms with Gasteiger partial charge >= 0.3 is 0 Å². The largest absolute Gasteiger partial charge is 0.353 e. The van der Waals surface area contributed by atoms with Gasteiger partial charge in [-0.15, -0.1) is 0 Å². The van der Waals surface area contributed by atoms with Crippen LogP contribution in [0.3, 0.4) is 0 Å². The van der Waals surface area contributed by atoms with Gasteiger partial charge in [0.05, 0.1) is 11.9 Å². The molecule has 1 aliphatic heterocycles. The Balaban J connectivity index is 1.66. The first-order valence-corrected chi connectivity index (χ1v) is 8.40. The maximum Gasteiger partial charge on any atom is 0.157 e. The molecule has 116 valence electrons. The summed E-state index contributed by atoms with van der Waals surface area (Å²) in [6.45, 7) is 1.15. The Labute approximate surface area is 135 Å². The Morgan fingerprint density at radius 2 is 1.96 bits per heavy atom.